The Kier molecular flexibility index (Phi) is 6.29. The predicted octanol–water partition coefficient (Wildman–Crippen LogP) is 3.50. The lowest BCUT2D eigenvalue weighted by Gasteiger charge is -2.15. The van der Waals surface area contributed by atoms with Crippen LogP contribution in [0.15, 0.2) is 77.6 Å². The van der Waals surface area contributed by atoms with Crippen LogP contribution in [0, 0.1) is 0 Å². The van der Waals surface area contributed by atoms with Gasteiger partial charge in [0.2, 0.25) is 5.91 Å². The number of pyridine rings is 1. The third kappa shape index (κ3) is 4.59. The molecule has 6 nitrogen and oxygen atoms in total. The van der Waals surface area contributed by atoms with Gasteiger partial charge in [-0.15, -0.1) is 0 Å². The molecule has 1 N–H and O–H groups in total. The van der Waals surface area contributed by atoms with E-state index in [9.17, 15) is 9.59 Å². The number of carbonyl (C=O) groups is 1. The summed E-state index contributed by atoms with van der Waals surface area (Å²) in [4.78, 5) is 25.6. The van der Waals surface area contributed by atoms with E-state index in [2.05, 4.69) is 5.32 Å². The van der Waals surface area contributed by atoms with Gasteiger partial charge in [0.1, 0.15) is 18.9 Å². The summed E-state index contributed by atoms with van der Waals surface area (Å²) in [6, 6.07) is 22.4. The second kappa shape index (κ2) is 9.45. The molecule has 0 aliphatic carbocycles. The zero-order valence-electron chi connectivity index (χ0n) is 17.3. The first-order valence-electron chi connectivity index (χ1n) is 10.1. The number of nitrogens with one attached hydrogen (secondary N) is 1. The van der Waals surface area contributed by atoms with Crippen LogP contribution in [0.2, 0.25) is 0 Å². The summed E-state index contributed by atoms with van der Waals surface area (Å²) < 4.78 is 12.4. The van der Waals surface area contributed by atoms with Crippen LogP contribution in [0.3, 0.4) is 0 Å². The van der Waals surface area contributed by atoms with Gasteiger partial charge in [-0.2, -0.15) is 0 Å². The molecule has 1 amide bonds. The average Bonchev–Trinajstić information content (AvgIpc) is 2.81. The van der Waals surface area contributed by atoms with Gasteiger partial charge in [0.05, 0.1) is 17.6 Å². The number of amides is 1. The molecule has 158 valence electrons. The van der Waals surface area contributed by atoms with Crippen LogP contribution in [-0.2, 0) is 22.6 Å². The van der Waals surface area contributed by atoms with Gasteiger partial charge in [0, 0.05) is 24.4 Å². The summed E-state index contributed by atoms with van der Waals surface area (Å²) >= 11 is 0. The molecular weight excluding hydrogens is 392 g/mol. The van der Waals surface area contributed by atoms with E-state index in [1.165, 1.54) is 0 Å². The molecule has 3 aromatic carbocycles. The highest BCUT2D eigenvalue weighted by molar-refractivity contribution is 5.94. The number of para-hydroxylation sites is 2. The molecule has 4 rings (SSSR count). The summed E-state index contributed by atoms with van der Waals surface area (Å²) in [5.41, 5.74) is 2.45. The van der Waals surface area contributed by atoms with Crippen LogP contribution in [0.1, 0.15) is 5.56 Å². The van der Waals surface area contributed by atoms with E-state index in [4.69, 9.17) is 9.47 Å². The fraction of sp³-hybridized carbons (Fsp3) is 0.200. The predicted molar refractivity (Wildman–Crippen MR) is 121 cm³/mol. The number of hydrogen-bond acceptors (Lipinski definition) is 4. The molecule has 0 aliphatic heterocycles. The molecule has 0 spiro atoms. The summed E-state index contributed by atoms with van der Waals surface area (Å²) in [5.74, 6) is 0.637. The number of aromatic nitrogens is 1. The Morgan fingerprint density at radius 2 is 1.48 bits per heavy atom. The molecule has 0 radical (unpaired) electrons. The first kappa shape index (κ1) is 20.6. The van der Waals surface area contributed by atoms with Gasteiger partial charge < -0.3 is 19.4 Å². The molecule has 1 aromatic heterocycles. The van der Waals surface area contributed by atoms with Gasteiger partial charge in [0.25, 0.3) is 0 Å². The highest BCUT2D eigenvalue weighted by Gasteiger charge is 2.12. The van der Waals surface area contributed by atoms with Crippen LogP contribution in [-0.4, -0.2) is 30.8 Å². The van der Waals surface area contributed by atoms with Crippen molar-refractivity contribution in [2.75, 3.05) is 20.3 Å². The maximum Gasteiger partial charge on any atom is 0.240 e. The molecule has 0 saturated carbocycles. The van der Waals surface area contributed by atoms with Crippen LogP contribution in [0.4, 0.5) is 0 Å². The van der Waals surface area contributed by atoms with E-state index in [-0.39, 0.29) is 17.9 Å². The van der Waals surface area contributed by atoms with Crippen molar-refractivity contribution in [2.24, 2.45) is 0 Å². The summed E-state index contributed by atoms with van der Waals surface area (Å²) in [7, 11) is 1.63. The molecule has 1 heterocycles. The Balaban J connectivity index is 1.50. The molecule has 4 aromatic rings. The third-order valence-corrected chi connectivity index (χ3v) is 5.15. The number of benzene rings is 3. The third-order valence-electron chi connectivity index (χ3n) is 5.15. The van der Waals surface area contributed by atoms with E-state index in [0.717, 1.165) is 22.3 Å². The summed E-state index contributed by atoms with van der Waals surface area (Å²) in [6.07, 6.45) is 0. The Bertz CT molecular complexity index is 1200. The van der Waals surface area contributed by atoms with E-state index >= 15 is 0 Å². The van der Waals surface area contributed by atoms with Gasteiger partial charge >= 0.3 is 0 Å². The number of methoxy groups -OCH3 is 1. The van der Waals surface area contributed by atoms with Crippen LogP contribution < -0.4 is 15.5 Å². The lowest BCUT2D eigenvalue weighted by atomic mass is 10.1. The monoisotopic (exact) mass is 416 g/mol. The lowest BCUT2D eigenvalue weighted by Crippen LogP contribution is -2.28. The highest BCUT2D eigenvalue weighted by atomic mass is 16.5. The molecule has 0 bridgehead atoms. The molecule has 0 saturated heterocycles. The highest BCUT2D eigenvalue weighted by Crippen LogP contribution is 2.19. The number of hydrogen-bond donors (Lipinski definition) is 1. The number of carbonyl (C=O) groups excluding carboxylic acids is 1. The molecule has 0 unspecified atom stereocenters. The van der Waals surface area contributed by atoms with Crippen molar-refractivity contribution in [3.8, 4) is 5.75 Å². The Morgan fingerprint density at radius 3 is 2.10 bits per heavy atom. The Hall–Kier alpha value is -3.64. The topological polar surface area (TPSA) is 69.6 Å². The fourth-order valence-electron chi connectivity index (χ4n) is 3.59. The van der Waals surface area contributed by atoms with Crippen molar-refractivity contribution in [3.05, 3.63) is 88.6 Å². The second-order valence-corrected chi connectivity index (χ2v) is 7.21. The maximum atomic E-state index is 12.8. The van der Waals surface area contributed by atoms with Crippen molar-refractivity contribution in [3.63, 3.8) is 0 Å². The first-order chi connectivity index (χ1) is 15.2. The zero-order chi connectivity index (χ0) is 21.6. The lowest BCUT2D eigenvalue weighted by molar-refractivity contribution is -0.121. The molecule has 0 fully saturated rings. The quantitative estimate of drug-likeness (QED) is 0.353. The van der Waals surface area contributed by atoms with Gasteiger partial charge in [-0.05, 0) is 42.0 Å². The van der Waals surface area contributed by atoms with E-state index in [0.29, 0.717) is 30.5 Å². The van der Waals surface area contributed by atoms with Crippen molar-refractivity contribution in [2.45, 2.75) is 13.1 Å². The zero-order valence-corrected chi connectivity index (χ0v) is 17.3. The van der Waals surface area contributed by atoms with Crippen LogP contribution in [0.25, 0.3) is 21.8 Å². The number of fused-ring (bicyclic) bond motifs is 2. The van der Waals surface area contributed by atoms with E-state index < -0.39 is 0 Å². The molecule has 6 heteroatoms. The van der Waals surface area contributed by atoms with Crippen molar-refractivity contribution in [1.82, 2.24) is 9.88 Å². The van der Waals surface area contributed by atoms with Crippen molar-refractivity contribution >= 4 is 27.7 Å². The second-order valence-electron chi connectivity index (χ2n) is 7.21. The molecule has 31 heavy (non-hydrogen) atoms. The van der Waals surface area contributed by atoms with Gasteiger partial charge in [-0.25, -0.2) is 0 Å². The molecule has 0 atom stereocenters. The normalized spacial score (nSPS) is 11.0. The van der Waals surface area contributed by atoms with E-state index in [1.54, 1.807) is 19.2 Å². The SMILES string of the molecule is COCCOc1ccc(CNC(=O)Cn2c3ccccc3c(=O)c3ccccc32)cc1. The van der Waals surface area contributed by atoms with Crippen molar-refractivity contribution < 1.29 is 14.3 Å². The Morgan fingerprint density at radius 1 is 0.871 bits per heavy atom. The van der Waals surface area contributed by atoms with Gasteiger partial charge in [-0.1, -0.05) is 36.4 Å². The minimum Gasteiger partial charge on any atom is -0.491 e. The average molecular weight is 416 g/mol. The minimum absolute atomic E-state index is 0.0179. The standard InChI is InChI=1S/C25H24N2O4/c1-30-14-15-31-19-12-10-18(11-13-19)16-26-24(28)17-27-22-8-4-2-6-20(22)25(29)21-7-3-5-9-23(21)27/h2-13H,14-17H2,1H3,(H,26,28). The van der Waals surface area contributed by atoms with Crippen LogP contribution in [0.5, 0.6) is 5.75 Å². The van der Waals surface area contributed by atoms with Crippen LogP contribution >= 0.6 is 0 Å². The first-order valence-corrected chi connectivity index (χ1v) is 10.1. The smallest absolute Gasteiger partial charge is 0.240 e. The largest absolute Gasteiger partial charge is 0.491 e. The number of ether oxygens (including phenoxy) is 2. The van der Waals surface area contributed by atoms with Gasteiger partial charge in [0.15, 0.2) is 5.43 Å². The summed E-state index contributed by atoms with van der Waals surface area (Å²) in [6.45, 7) is 1.56. The maximum absolute atomic E-state index is 12.8. The van der Waals surface area contributed by atoms with Crippen molar-refractivity contribution in [1.29, 1.82) is 0 Å². The number of rotatable bonds is 8. The molecule has 0 aliphatic rings. The summed E-state index contributed by atoms with van der Waals surface area (Å²) in [5, 5.41) is 4.18. The molecular formula is C25H24N2O4. The van der Waals surface area contributed by atoms with E-state index in [1.807, 2.05) is 65.2 Å². The fourth-order valence-corrected chi connectivity index (χ4v) is 3.59. The van der Waals surface area contributed by atoms with Gasteiger partial charge in [-0.3, -0.25) is 9.59 Å². The number of nitrogens with zero attached hydrogens (tertiary/aromatic N) is 1. The minimum atomic E-state index is -0.126. The Labute approximate surface area is 180 Å².